The fourth-order valence-electron chi connectivity index (χ4n) is 3.33. The average Bonchev–Trinajstić information content (AvgIpc) is 2.87. The van der Waals surface area contributed by atoms with E-state index in [1.807, 2.05) is 24.3 Å². The van der Waals surface area contributed by atoms with Crippen molar-refractivity contribution in [3.63, 3.8) is 0 Å². The molecule has 0 saturated carbocycles. The molecule has 3 rings (SSSR count). The first kappa shape index (κ1) is 21.8. The second kappa shape index (κ2) is 9.27. The monoisotopic (exact) mass is 485 g/mol. The lowest BCUT2D eigenvalue weighted by Crippen LogP contribution is -2.38. The number of carbonyl (C=O) groups excluding carboxylic acids is 1. The molecule has 0 radical (unpaired) electrons. The number of carbonyl (C=O) groups is 1. The number of amides is 1. The number of hydrogen-bond donors (Lipinski definition) is 0. The Hall–Kier alpha value is -1.91. The third-order valence-corrected chi connectivity index (χ3v) is 7.39. The predicted molar refractivity (Wildman–Crippen MR) is 110 cm³/mol. The molecule has 1 fully saturated rings. The van der Waals surface area contributed by atoms with E-state index in [9.17, 15) is 13.2 Å². The van der Waals surface area contributed by atoms with Gasteiger partial charge in [-0.15, -0.1) is 0 Å². The van der Waals surface area contributed by atoms with Crippen LogP contribution in [0, 0.1) is 13.8 Å². The minimum atomic E-state index is -3.70. The highest BCUT2D eigenvalue weighted by Gasteiger charge is 2.32. The van der Waals surface area contributed by atoms with Gasteiger partial charge in [0.05, 0.1) is 13.0 Å². The standard InChI is InChI=1S/C19H24BrN3O5S/c1-14-19(15(2)28-21-14)29(25,26)23-9-4-8-22(10-11-23)18(24)7-12-27-17-6-3-5-16(20)13-17/h3,5-6,13H,4,7-12H2,1-2H3. The summed E-state index contributed by atoms with van der Waals surface area (Å²) in [6, 6.07) is 7.44. The van der Waals surface area contributed by atoms with Crippen molar-refractivity contribution in [2.75, 3.05) is 32.8 Å². The number of nitrogens with zero attached hydrogens (tertiary/aromatic N) is 3. The lowest BCUT2D eigenvalue weighted by molar-refractivity contribution is -0.131. The highest BCUT2D eigenvalue weighted by atomic mass is 79.9. The molecular formula is C19H24BrN3O5S. The van der Waals surface area contributed by atoms with E-state index in [0.717, 1.165) is 4.47 Å². The first-order chi connectivity index (χ1) is 13.8. The third-order valence-electron chi connectivity index (χ3n) is 4.75. The lowest BCUT2D eigenvalue weighted by Gasteiger charge is -2.22. The van der Waals surface area contributed by atoms with Gasteiger partial charge in [0.15, 0.2) is 5.76 Å². The molecule has 1 amide bonds. The van der Waals surface area contributed by atoms with Crippen LogP contribution in [0.25, 0.3) is 0 Å². The summed E-state index contributed by atoms with van der Waals surface area (Å²) in [7, 11) is -3.70. The van der Waals surface area contributed by atoms with Gasteiger partial charge in [0.1, 0.15) is 16.3 Å². The zero-order chi connectivity index (χ0) is 21.0. The number of aryl methyl sites for hydroxylation is 2. The van der Waals surface area contributed by atoms with Gasteiger partial charge in [-0.2, -0.15) is 4.31 Å². The smallest absolute Gasteiger partial charge is 0.248 e. The number of aromatic nitrogens is 1. The Morgan fingerprint density at radius 3 is 2.72 bits per heavy atom. The molecule has 8 nitrogen and oxygen atoms in total. The summed E-state index contributed by atoms with van der Waals surface area (Å²) >= 11 is 3.38. The summed E-state index contributed by atoms with van der Waals surface area (Å²) in [4.78, 5) is 14.4. The van der Waals surface area contributed by atoms with Gasteiger partial charge in [-0.05, 0) is 38.5 Å². The summed E-state index contributed by atoms with van der Waals surface area (Å²) < 4.78 is 38.9. The zero-order valence-corrected chi connectivity index (χ0v) is 18.8. The Bertz CT molecular complexity index is 956. The maximum absolute atomic E-state index is 13.0. The first-order valence-electron chi connectivity index (χ1n) is 9.38. The van der Waals surface area contributed by atoms with E-state index >= 15 is 0 Å². The maximum atomic E-state index is 13.0. The second-order valence-electron chi connectivity index (χ2n) is 6.85. The molecule has 0 spiro atoms. The maximum Gasteiger partial charge on any atom is 0.248 e. The minimum Gasteiger partial charge on any atom is -0.493 e. The van der Waals surface area contributed by atoms with E-state index in [-0.39, 0.29) is 36.1 Å². The van der Waals surface area contributed by atoms with Crippen LogP contribution in [0.5, 0.6) is 5.75 Å². The predicted octanol–water partition coefficient (Wildman–Crippen LogP) is 2.75. The van der Waals surface area contributed by atoms with Gasteiger partial charge in [0, 0.05) is 30.7 Å². The highest BCUT2D eigenvalue weighted by Crippen LogP contribution is 2.24. The highest BCUT2D eigenvalue weighted by molar-refractivity contribution is 9.10. The van der Waals surface area contributed by atoms with Crippen molar-refractivity contribution in [3.05, 3.63) is 40.2 Å². The van der Waals surface area contributed by atoms with Gasteiger partial charge < -0.3 is 14.2 Å². The van der Waals surface area contributed by atoms with Crippen LogP contribution in [0.15, 0.2) is 38.2 Å². The fourth-order valence-corrected chi connectivity index (χ4v) is 5.47. The van der Waals surface area contributed by atoms with Crippen molar-refractivity contribution in [1.82, 2.24) is 14.4 Å². The number of ether oxygens (including phenoxy) is 1. The molecule has 158 valence electrons. The minimum absolute atomic E-state index is 0.0448. The van der Waals surface area contributed by atoms with E-state index in [2.05, 4.69) is 21.1 Å². The van der Waals surface area contributed by atoms with Gasteiger partial charge in [-0.3, -0.25) is 4.79 Å². The van der Waals surface area contributed by atoms with Crippen molar-refractivity contribution in [2.45, 2.75) is 31.6 Å². The summed E-state index contributed by atoms with van der Waals surface area (Å²) in [5.74, 6) is 0.931. The molecule has 1 saturated heterocycles. The van der Waals surface area contributed by atoms with Crippen LogP contribution in [-0.2, 0) is 14.8 Å². The molecule has 1 aromatic heterocycles. The van der Waals surface area contributed by atoms with Gasteiger partial charge >= 0.3 is 0 Å². The van der Waals surface area contributed by atoms with Gasteiger partial charge in [-0.1, -0.05) is 27.2 Å². The summed E-state index contributed by atoms with van der Waals surface area (Å²) in [6.07, 6.45) is 0.809. The number of rotatable bonds is 6. The van der Waals surface area contributed by atoms with Crippen LogP contribution < -0.4 is 4.74 Å². The Morgan fingerprint density at radius 1 is 1.24 bits per heavy atom. The molecule has 2 aromatic rings. The zero-order valence-electron chi connectivity index (χ0n) is 16.4. The molecule has 1 aliphatic rings. The van der Waals surface area contributed by atoms with Crippen LogP contribution in [-0.4, -0.2) is 61.5 Å². The molecule has 0 N–H and O–H groups in total. The van der Waals surface area contributed by atoms with Crippen LogP contribution in [0.4, 0.5) is 0 Å². The Balaban J connectivity index is 1.56. The third kappa shape index (κ3) is 5.18. The molecule has 1 aromatic carbocycles. The summed E-state index contributed by atoms with van der Waals surface area (Å²) in [5.41, 5.74) is 0.351. The Morgan fingerprint density at radius 2 is 2.03 bits per heavy atom. The molecule has 29 heavy (non-hydrogen) atoms. The van der Waals surface area contributed by atoms with E-state index in [0.29, 0.717) is 37.5 Å². The van der Waals surface area contributed by atoms with E-state index in [1.54, 1.807) is 18.7 Å². The van der Waals surface area contributed by atoms with E-state index in [1.165, 1.54) is 4.31 Å². The molecule has 1 aliphatic heterocycles. The molecule has 10 heteroatoms. The largest absolute Gasteiger partial charge is 0.493 e. The van der Waals surface area contributed by atoms with Crippen molar-refractivity contribution >= 4 is 31.9 Å². The van der Waals surface area contributed by atoms with Crippen LogP contribution >= 0.6 is 15.9 Å². The van der Waals surface area contributed by atoms with Crippen LogP contribution in [0.3, 0.4) is 0 Å². The van der Waals surface area contributed by atoms with Crippen LogP contribution in [0.2, 0.25) is 0 Å². The molecular weight excluding hydrogens is 462 g/mol. The van der Waals surface area contributed by atoms with Crippen molar-refractivity contribution in [1.29, 1.82) is 0 Å². The molecule has 0 bridgehead atoms. The lowest BCUT2D eigenvalue weighted by atomic mass is 10.3. The number of halogens is 1. The number of benzene rings is 1. The SMILES string of the molecule is Cc1noc(C)c1S(=O)(=O)N1CCCN(C(=O)CCOc2cccc(Br)c2)CC1. The summed E-state index contributed by atoms with van der Waals surface area (Å²) in [5, 5.41) is 3.75. The van der Waals surface area contributed by atoms with Crippen molar-refractivity contribution in [2.24, 2.45) is 0 Å². The van der Waals surface area contributed by atoms with Crippen molar-refractivity contribution in [3.8, 4) is 5.75 Å². The Kier molecular flexibility index (Phi) is 6.97. The fraction of sp³-hybridized carbons (Fsp3) is 0.474. The normalized spacial score (nSPS) is 15.9. The number of sulfonamides is 1. The molecule has 0 unspecified atom stereocenters. The van der Waals surface area contributed by atoms with Gasteiger partial charge in [-0.25, -0.2) is 8.42 Å². The number of hydrogen-bond acceptors (Lipinski definition) is 6. The summed E-state index contributed by atoms with van der Waals surface area (Å²) in [6.45, 7) is 4.93. The van der Waals surface area contributed by atoms with E-state index in [4.69, 9.17) is 9.26 Å². The average molecular weight is 486 g/mol. The quantitative estimate of drug-likeness (QED) is 0.624. The molecule has 0 atom stereocenters. The van der Waals surface area contributed by atoms with Crippen LogP contribution in [0.1, 0.15) is 24.3 Å². The van der Waals surface area contributed by atoms with Crippen molar-refractivity contribution < 1.29 is 22.5 Å². The topological polar surface area (TPSA) is 93.0 Å². The first-order valence-corrected chi connectivity index (χ1v) is 11.6. The second-order valence-corrected chi connectivity index (χ2v) is 9.64. The van der Waals surface area contributed by atoms with E-state index < -0.39 is 10.0 Å². The van der Waals surface area contributed by atoms with Gasteiger partial charge in [0.2, 0.25) is 15.9 Å². The molecule has 0 aliphatic carbocycles. The Labute approximate surface area is 179 Å². The van der Waals surface area contributed by atoms with Gasteiger partial charge in [0.25, 0.3) is 0 Å². The molecule has 2 heterocycles.